The smallest absolute Gasteiger partial charge is 0.211 e. The average molecular weight is 391 g/mol. The standard InChI is InChI=1S/C19H14Cl3N3/c1-2-4-12-5-7-14(21)17-18(12)25-10-3-9-24(19(25)23-17)16-8-6-13(20)11-15(16)22/h5-8,11H,3,9-10H2,1H3. The third-order valence-electron chi connectivity index (χ3n) is 4.29. The van der Waals surface area contributed by atoms with Crippen LogP contribution in [-0.4, -0.2) is 16.1 Å². The lowest BCUT2D eigenvalue weighted by molar-refractivity contribution is 0.604. The van der Waals surface area contributed by atoms with Gasteiger partial charge in [-0.3, -0.25) is 0 Å². The number of rotatable bonds is 1. The number of hydrogen-bond donors (Lipinski definition) is 0. The van der Waals surface area contributed by atoms with Gasteiger partial charge in [0.25, 0.3) is 0 Å². The number of nitrogens with zero attached hydrogens (tertiary/aromatic N) is 3. The summed E-state index contributed by atoms with van der Waals surface area (Å²) in [5.41, 5.74) is 3.58. The molecule has 1 aliphatic rings. The van der Waals surface area contributed by atoms with Crippen LogP contribution in [0.2, 0.25) is 15.1 Å². The number of aryl methyl sites for hydroxylation is 1. The van der Waals surface area contributed by atoms with Crippen LogP contribution < -0.4 is 4.90 Å². The number of anilines is 2. The highest BCUT2D eigenvalue weighted by Crippen LogP contribution is 2.39. The second-order valence-corrected chi connectivity index (χ2v) is 7.08. The molecule has 6 heteroatoms. The SMILES string of the molecule is CC#Cc1ccc(Cl)c2nc3n(c12)CCCN3c1ccc(Cl)cc1Cl. The van der Waals surface area contributed by atoms with Gasteiger partial charge in [-0.25, -0.2) is 4.98 Å². The predicted molar refractivity (Wildman–Crippen MR) is 105 cm³/mol. The first-order chi connectivity index (χ1) is 12.1. The zero-order valence-electron chi connectivity index (χ0n) is 13.5. The molecule has 0 radical (unpaired) electrons. The molecular formula is C19H14Cl3N3. The van der Waals surface area contributed by atoms with E-state index in [2.05, 4.69) is 21.3 Å². The highest BCUT2D eigenvalue weighted by atomic mass is 35.5. The number of fused-ring (bicyclic) bond motifs is 3. The number of aromatic nitrogens is 2. The molecule has 0 fully saturated rings. The molecule has 25 heavy (non-hydrogen) atoms. The Morgan fingerprint density at radius 3 is 2.64 bits per heavy atom. The highest BCUT2D eigenvalue weighted by molar-refractivity contribution is 6.36. The molecule has 0 saturated carbocycles. The van der Waals surface area contributed by atoms with Crippen LogP contribution in [-0.2, 0) is 6.54 Å². The van der Waals surface area contributed by atoms with Crippen molar-refractivity contribution in [2.45, 2.75) is 19.9 Å². The average Bonchev–Trinajstić information content (AvgIpc) is 2.99. The van der Waals surface area contributed by atoms with Gasteiger partial charge in [-0.15, -0.1) is 5.92 Å². The molecule has 2 heterocycles. The second kappa shape index (κ2) is 6.46. The topological polar surface area (TPSA) is 21.1 Å². The van der Waals surface area contributed by atoms with Gasteiger partial charge in [0.1, 0.15) is 5.52 Å². The Labute approximate surface area is 161 Å². The van der Waals surface area contributed by atoms with Crippen molar-refractivity contribution in [3.63, 3.8) is 0 Å². The second-order valence-electron chi connectivity index (χ2n) is 5.83. The van der Waals surface area contributed by atoms with Gasteiger partial charge in [-0.1, -0.05) is 40.7 Å². The van der Waals surface area contributed by atoms with Crippen LogP contribution in [0.15, 0.2) is 30.3 Å². The molecule has 4 rings (SSSR count). The monoisotopic (exact) mass is 389 g/mol. The van der Waals surface area contributed by atoms with E-state index in [9.17, 15) is 0 Å². The zero-order chi connectivity index (χ0) is 17.6. The van der Waals surface area contributed by atoms with Crippen molar-refractivity contribution in [3.05, 3.63) is 51.0 Å². The molecule has 3 aromatic rings. The first-order valence-electron chi connectivity index (χ1n) is 7.94. The molecule has 2 aromatic carbocycles. The van der Waals surface area contributed by atoms with E-state index in [4.69, 9.17) is 39.8 Å². The van der Waals surface area contributed by atoms with Crippen LogP contribution in [0.4, 0.5) is 11.6 Å². The number of hydrogen-bond acceptors (Lipinski definition) is 2. The minimum atomic E-state index is 0.604. The minimum Gasteiger partial charge on any atom is -0.310 e. The van der Waals surface area contributed by atoms with E-state index in [1.165, 1.54) is 0 Å². The van der Waals surface area contributed by atoms with E-state index in [1.54, 1.807) is 6.07 Å². The molecule has 0 spiro atoms. The molecule has 1 aromatic heterocycles. The van der Waals surface area contributed by atoms with E-state index >= 15 is 0 Å². The van der Waals surface area contributed by atoms with Gasteiger partial charge in [-0.2, -0.15) is 0 Å². The highest BCUT2D eigenvalue weighted by Gasteiger charge is 2.26. The first kappa shape index (κ1) is 16.6. The summed E-state index contributed by atoms with van der Waals surface area (Å²) >= 11 is 18.9. The van der Waals surface area contributed by atoms with Crippen LogP contribution in [0.1, 0.15) is 18.9 Å². The minimum absolute atomic E-state index is 0.604. The molecule has 0 aliphatic carbocycles. The fourth-order valence-electron chi connectivity index (χ4n) is 3.26. The van der Waals surface area contributed by atoms with Gasteiger partial charge < -0.3 is 9.47 Å². The predicted octanol–water partition coefficient (Wildman–Crippen LogP) is 5.91. The summed E-state index contributed by atoms with van der Waals surface area (Å²) in [6.45, 7) is 3.52. The third kappa shape index (κ3) is 2.75. The van der Waals surface area contributed by atoms with Crippen molar-refractivity contribution in [2.75, 3.05) is 11.4 Å². The van der Waals surface area contributed by atoms with E-state index in [1.807, 2.05) is 31.2 Å². The van der Waals surface area contributed by atoms with Gasteiger partial charge in [0.2, 0.25) is 5.95 Å². The maximum absolute atomic E-state index is 6.43. The Morgan fingerprint density at radius 1 is 1.04 bits per heavy atom. The van der Waals surface area contributed by atoms with Crippen molar-refractivity contribution in [1.82, 2.24) is 9.55 Å². The number of benzene rings is 2. The lowest BCUT2D eigenvalue weighted by atomic mass is 10.1. The third-order valence-corrected chi connectivity index (χ3v) is 5.13. The first-order valence-corrected chi connectivity index (χ1v) is 9.07. The summed E-state index contributed by atoms with van der Waals surface area (Å²) in [6.07, 6.45) is 0.975. The van der Waals surface area contributed by atoms with Crippen molar-refractivity contribution in [2.24, 2.45) is 0 Å². The van der Waals surface area contributed by atoms with Crippen molar-refractivity contribution < 1.29 is 0 Å². The summed E-state index contributed by atoms with van der Waals surface area (Å²) in [4.78, 5) is 6.93. The molecule has 0 unspecified atom stereocenters. The summed E-state index contributed by atoms with van der Waals surface area (Å²) in [5.74, 6) is 6.95. The largest absolute Gasteiger partial charge is 0.310 e. The molecule has 0 atom stereocenters. The Balaban J connectivity index is 1.97. The van der Waals surface area contributed by atoms with E-state index in [0.29, 0.717) is 15.1 Å². The van der Waals surface area contributed by atoms with E-state index < -0.39 is 0 Å². The number of imidazole rings is 1. The van der Waals surface area contributed by atoms with Crippen molar-refractivity contribution in [3.8, 4) is 11.8 Å². The molecule has 0 amide bonds. The van der Waals surface area contributed by atoms with Gasteiger partial charge in [-0.05, 0) is 43.7 Å². The molecule has 3 nitrogen and oxygen atoms in total. The fourth-order valence-corrected chi connectivity index (χ4v) is 3.97. The van der Waals surface area contributed by atoms with Crippen molar-refractivity contribution >= 4 is 57.5 Å². The lowest BCUT2D eigenvalue weighted by Gasteiger charge is -2.30. The van der Waals surface area contributed by atoms with Gasteiger partial charge in [0, 0.05) is 18.1 Å². The zero-order valence-corrected chi connectivity index (χ0v) is 15.8. The van der Waals surface area contributed by atoms with Crippen molar-refractivity contribution in [1.29, 1.82) is 0 Å². The fraction of sp³-hybridized carbons (Fsp3) is 0.211. The Kier molecular flexibility index (Phi) is 4.29. The van der Waals surface area contributed by atoms with Gasteiger partial charge in [0.05, 0.1) is 26.8 Å². The molecule has 0 N–H and O–H groups in total. The van der Waals surface area contributed by atoms with E-state index in [0.717, 1.165) is 47.7 Å². The summed E-state index contributed by atoms with van der Waals surface area (Å²) in [5, 5.41) is 1.84. The maximum atomic E-state index is 6.43. The normalized spacial score (nSPS) is 13.5. The molecular weight excluding hydrogens is 377 g/mol. The summed E-state index contributed by atoms with van der Waals surface area (Å²) < 4.78 is 2.18. The molecule has 1 aliphatic heterocycles. The van der Waals surface area contributed by atoms with E-state index in [-0.39, 0.29) is 0 Å². The van der Waals surface area contributed by atoms with Crippen LogP contribution in [0.25, 0.3) is 11.0 Å². The van der Waals surface area contributed by atoms with Gasteiger partial charge in [0.15, 0.2) is 0 Å². The Morgan fingerprint density at radius 2 is 1.88 bits per heavy atom. The quantitative estimate of drug-likeness (QED) is 0.482. The molecule has 126 valence electrons. The maximum Gasteiger partial charge on any atom is 0.211 e. The molecule has 0 saturated heterocycles. The van der Waals surface area contributed by atoms with Crippen LogP contribution in [0.3, 0.4) is 0 Å². The summed E-state index contributed by atoms with van der Waals surface area (Å²) in [7, 11) is 0. The van der Waals surface area contributed by atoms with Gasteiger partial charge >= 0.3 is 0 Å². The Hall–Kier alpha value is -1.86. The van der Waals surface area contributed by atoms with Crippen LogP contribution >= 0.6 is 34.8 Å². The lowest BCUT2D eigenvalue weighted by Crippen LogP contribution is -2.28. The number of halogens is 3. The van der Waals surface area contributed by atoms with Crippen LogP contribution in [0, 0.1) is 11.8 Å². The molecule has 0 bridgehead atoms. The Bertz CT molecular complexity index is 1040. The van der Waals surface area contributed by atoms with Crippen LogP contribution in [0.5, 0.6) is 0 Å². The summed E-state index contributed by atoms with van der Waals surface area (Å²) in [6, 6.07) is 9.31.